The van der Waals surface area contributed by atoms with Gasteiger partial charge in [-0.1, -0.05) is 30.7 Å². The van der Waals surface area contributed by atoms with Crippen LogP contribution in [0.1, 0.15) is 48.8 Å². The molecule has 0 saturated heterocycles. The van der Waals surface area contributed by atoms with E-state index in [4.69, 9.17) is 11.6 Å². The molecule has 0 aliphatic carbocycles. The Balaban J connectivity index is 1.73. The summed E-state index contributed by atoms with van der Waals surface area (Å²) in [5.74, 6) is -2.35. The Morgan fingerprint density at radius 1 is 1.15 bits per heavy atom. The van der Waals surface area contributed by atoms with Crippen LogP contribution in [0.2, 0.25) is 5.02 Å². The van der Waals surface area contributed by atoms with Crippen LogP contribution in [0.25, 0.3) is 6.08 Å². The average molecular weight is 500 g/mol. The Hall–Kier alpha value is -3.69. The lowest BCUT2D eigenvalue weighted by Gasteiger charge is -2.10. The molecule has 0 atom stereocenters. The van der Waals surface area contributed by atoms with Gasteiger partial charge in [0.1, 0.15) is 11.4 Å². The number of aromatic nitrogens is 1. The normalized spacial score (nSPS) is 11.2. The number of amides is 2. The highest BCUT2D eigenvalue weighted by atomic mass is 35.5. The molecule has 0 fully saturated rings. The van der Waals surface area contributed by atoms with Crippen LogP contribution in [0.3, 0.4) is 0 Å². The van der Waals surface area contributed by atoms with Crippen LogP contribution in [-0.4, -0.2) is 33.0 Å². The number of nitrogens with one attached hydrogen (secondary N) is 2. The van der Waals surface area contributed by atoms with Gasteiger partial charge in [-0.15, -0.1) is 11.3 Å². The fourth-order valence-corrected chi connectivity index (χ4v) is 4.23. The van der Waals surface area contributed by atoms with Crippen molar-refractivity contribution in [2.75, 3.05) is 0 Å². The maximum atomic E-state index is 12.7. The average Bonchev–Trinajstić information content (AvgIpc) is 3.16. The molecular formula is C24H22ClN3O5S. The number of rotatable bonds is 8. The van der Waals surface area contributed by atoms with Crippen molar-refractivity contribution in [3.8, 4) is 5.75 Å². The van der Waals surface area contributed by atoms with E-state index in [1.54, 1.807) is 19.1 Å². The highest BCUT2D eigenvalue weighted by Gasteiger charge is 2.18. The van der Waals surface area contributed by atoms with E-state index in [2.05, 4.69) is 15.6 Å². The summed E-state index contributed by atoms with van der Waals surface area (Å²) < 4.78 is 0. The minimum atomic E-state index is -1.31. The first-order valence-corrected chi connectivity index (χ1v) is 11.5. The van der Waals surface area contributed by atoms with E-state index in [1.807, 2.05) is 6.92 Å². The third kappa shape index (κ3) is 6.21. The summed E-state index contributed by atoms with van der Waals surface area (Å²) in [7, 11) is 0. The number of carbonyl (C=O) groups excluding carboxylic acids is 2. The summed E-state index contributed by atoms with van der Waals surface area (Å²) >= 11 is 7.58. The number of aliphatic carboxylic acids is 1. The molecule has 0 aliphatic rings. The lowest BCUT2D eigenvalue weighted by atomic mass is 10.1. The van der Waals surface area contributed by atoms with E-state index in [9.17, 15) is 24.6 Å². The van der Waals surface area contributed by atoms with Crippen molar-refractivity contribution in [1.82, 2.24) is 15.6 Å². The molecule has 2 amide bonds. The Bertz CT molecular complexity index is 1290. The zero-order valence-electron chi connectivity index (χ0n) is 18.4. The van der Waals surface area contributed by atoms with Gasteiger partial charge >= 0.3 is 5.97 Å². The van der Waals surface area contributed by atoms with Crippen LogP contribution < -0.4 is 10.6 Å². The molecule has 3 aromatic rings. The van der Waals surface area contributed by atoms with Gasteiger partial charge in [0, 0.05) is 12.1 Å². The van der Waals surface area contributed by atoms with Gasteiger partial charge in [-0.2, -0.15) is 0 Å². The van der Waals surface area contributed by atoms with E-state index in [1.165, 1.54) is 47.7 Å². The van der Waals surface area contributed by atoms with E-state index in [0.29, 0.717) is 16.1 Å². The van der Waals surface area contributed by atoms with Crippen LogP contribution in [0, 0.1) is 6.92 Å². The first-order valence-electron chi connectivity index (χ1n) is 10.3. The van der Waals surface area contributed by atoms with Crippen molar-refractivity contribution in [2.24, 2.45) is 0 Å². The topological polar surface area (TPSA) is 129 Å². The molecule has 1 aromatic heterocycles. The molecule has 0 radical (unpaired) electrons. The van der Waals surface area contributed by atoms with Crippen molar-refractivity contribution in [3.63, 3.8) is 0 Å². The number of hydrogen-bond acceptors (Lipinski definition) is 6. The predicted octanol–water partition coefficient (Wildman–Crippen LogP) is 4.16. The summed E-state index contributed by atoms with van der Waals surface area (Å²) in [6, 6.07) is 10.6. The molecule has 2 aromatic carbocycles. The number of halogens is 1. The summed E-state index contributed by atoms with van der Waals surface area (Å²) in [5.41, 5.74) is 1.32. The van der Waals surface area contributed by atoms with E-state index < -0.39 is 17.8 Å². The number of phenolic OH excluding ortho intramolecular Hbond substituents is 1. The Kier molecular flexibility index (Phi) is 8.04. The molecule has 4 N–H and O–H groups in total. The Morgan fingerprint density at radius 2 is 1.91 bits per heavy atom. The van der Waals surface area contributed by atoms with Crippen LogP contribution in [0.4, 0.5) is 0 Å². The predicted molar refractivity (Wildman–Crippen MR) is 130 cm³/mol. The SMILES string of the molecule is CCc1nc(C)c(/C=C(\NC(=O)c2ccc(C(=O)NCc3cccc(O)c3)cc2Cl)C(=O)O)s1. The third-order valence-corrected chi connectivity index (χ3v) is 6.33. The maximum Gasteiger partial charge on any atom is 0.352 e. The summed E-state index contributed by atoms with van der Waals surface area (Å²) in [6.45, 7) is 3.91. The second kappa shape index (κ2) is 11.0. The monoisotopic (exact) mass is 499 g/mol. The van der Waals surface area contributed by atoms with Gasteiger partial charge in [-0.25, -0.2) is 9.78 Å². The minimum Gasteiger partial charge on any atom is -0.508 e. The smallest absolute Gasteiger partial charge is 0.352 e. The van der Waals surface area contributed by atoms with Crippen molar-refractivity contribution in [3.05, 3.63) is 85.5 Å². The standard InChI is InChI=1S/C24H22ClN3O5S/c1-3-21-27-13(2)20(34-21)11-19(24(32)33)28-23(31)17-8-7-15(10-18(17)25)22(30)26-12-14-5-4-6-16(29)9-14/h4-11,29H,3,12H2,1-2H3,(H,26,30)(H,28,31)(H,32,33)/b19-11-. The lowest BCUT2D eigenvalue weighted by Crippen LogP contribution is -2.28. The van der Waals surface area contributed by atoms with Gasteiger partial charge in [-0.3, -0.25) is 9.59 Å². The van der Waals surface area contributed by atoms with Gasteiger partial charge in [0.25, 0.3) is 11.8 Å². The largest absolute Gasteiger partial charge is 0.508 e. The molecule has 1 heterocycles. The first-order chi connectivity index (χ1) is 16.2. The number of carboxylic acid groups (broad SMARTS) is 1. The first kappa shape index (κ1) is 24.9. The van der Waals surface area contributed by atoms with Crippen LogP contribution in [0.15, 0.2) is 48.2 Å². The maximum absolute atomic E-state index is 12.7. The minimum absolute atomic E-state index is 0.00511. The molecule has 0 unspecified atom stereocenters. The number of carbonyl (C=O) groups is 3. The molecule has 176 valence electrons. The van der Waals surface area contributed by atoms with Crippen LogP contribution >= 0.6 is 22.9 Å². The van der Waals surface area contributed by atoms with E-state index in [-0.39, 0.29) is 34.1 Å². The van der Waals surface area contributed by atoms with Crippen LogP contribution in [0.5, 0.6) is 5.75 Å². The van der Waals surface area contributed by atoms with Gasteiger partial charge in [0.05, 0.1) is 26.2 Å². The Labute approximate surface area is 204 Å². The van der Waals surface area contributed by atoms with Crippen molar-refractivity contribution < 1.29 is 24.6 Å². The van der Waals surface area contributed by atoms with E-state index >= 15 is 0 Å². The quantitative estimate of drug-likeness (QED) is 0.344. The molecule has 0 aliphatic heterocycles. The number of carboxylic acids is 1. The molecule has 0 bridgehead atoms. The third-order valence-electron chi connectivity index (χ3n) is 4.77. The number of benzene rings is 2. The van der Waals surface area contributed by atoms with Crippen molar-refractivity contribution in [1.29, 1.82) is 0 Å². The summed E-state index contributed by atoms with van der Waals surface area (Å²) in [4.78, 5) is 41.8. The van der Waals surface area contributed by atoms with E-state index in [0.717, 1.165) is 11.4 Å². The number of nitrogens with zero attached hydrogens (tertiary/aromatic N) is 1. The number of phenols is 1. The lowest BCUT2D eigenvalue weighted by molar-refractivity contribution is -0.132. The number of aromatic hydroxyl groups is 1. The van der Waals surface area contributed by atoms with Crippen LogP contribution in [-0.2, 0) is 17.8 Å². The number of aryl methyl sites for hydroxylation is 2. The molecule has 10 heteroatoms. The van der Waals surface area contributed by atoms with Gasteiger partial charge in [0.15, 0.2) is 0 Å². The second-order valence-corrected chi connectivity index (χ2v) is 8.80. The number of hydrogen-bond donors (Lipinski definition) is 4. The van der Waals surface area contributed by atoms with Crippen molar-refractivity contribution in [2.45, 2.75) is 26.8 Å². The number of thiazole rings is 1. The molecule has 3 rings (SSSR count). The molecular weight excluding hydrogens is 478 g/mol. The zero-order valence-corrected chi connectivity index (χ0v) is 20.0. The fourth-order valence-electron chi connectivity index (χ4n) is 3.01. The molecule has 0 saturated carbocycles. The van der Waals surface area contributed by atoms with Gasteiger partial charge < -0.3 is 20.8 Å². The molecule has 34 heavy (non-hydrogen) atoms. The molecule has 8 nitrogen and oxygen atoms in total. The summed E-state index contributed by atoms with van der Waals surface area (Å²) in [6.07, 6.45) is 2.08. The highest BCUT2D eigenvalue weighted by Crippen LogP contribution is 2.22. The molecule has 0 spiro atoms. The highest BCUT2D eigenvalue weighted by molar-refractivity contribution is 7.12. The van der Waals surface area contributed by atoms with Crippen molar-refractivity contribution >= 4 is 46.8 Å². The van der Waals surface area contributed by atoms with Gasteiger partial charge in [0.2, 0.25) is 0 Å². The second-order valence-electron chi connectivity index (χ2n) is 7.28. The zero-order chi connectivity index (χ0) is 24.8. The Morgan fingerprint density at radius 3 is 2.53 bits per heavy atom. The summed E-state index contributed by atoms with van der Waals surface area (Å²) in [5, 5.41) is 25.0. The fraction of sp³-hybridized carbons (Fsp3) is 0.167. The van der Waals surface area contributed by atoms with Gasteiger partial charge in [-0.05, 0) is 55.3 Å².